The van der Waals surface area contributed by atoms with Crippen molar-refractivity contribution in [3.05, 3.63) is 53.1 Å². The van der Waals surface area contributed by atoms with Crippen LogP contribution in [-0.4, -0.2) is 48.7 Å². The number of piperazine rings is 1. The van der Waals surface area contributed by atoms with Crippen molar-refractivity contribution in [2.45, 2.75) is 20.8 Å². The number of nitrogens with zero attached hydrogens (tertiary/aromatic N) is 2. The Morgan fingerprint density at radius 1 is 1.00 bits per heavy atom. The minimum atomic E-state index is -0.0553. The number of rotatable bonds is 4. The molecule has 5 heteroatoms. The number of benzene rings is 2. The first-order valence-corrected chi connectivity index (χ1v) is 8.97. The van der Waals surface area contributed by atoms with Gasteiger partial charge in [-0.25, -0.2) is 0 Å². The van der Waals surface area contributed by atoms with Crippen LogP contribution < -0.4 is 9.64 Å². The normalized spacial score (nSPS) is 14.4. The first-order chi connectivity index (χ1) is 12.5. The second kappa shape index (κ2) is 7.68. The van der Waals surface area contributed by atoms with Crippen LogP contribution in [-0.2, 0) is 4.79 Å². The molecule has 0 atom stereocenters. The van der Waals surface area contributed by atoms with Gasteiger partial charge in [0, 0.05) is 31.9 Å². The van der Waals surface area contributed by atoms with Crippen LogP contribution in [0.4, 0.5) is 5.69 Å². The smallest absolute Gasteiger partial charge is 0.260 e. The Kier molecular flexibility index (Phi) is 5.35. The zero-order valence-electron chi connectivity index (χ0n) is 15.7. The zero-order valence-corrected chi connectivity index (χ0v) is 15.7. The molecule has 2 aromatic carbocycles. The molecule has 0 radical (unpaired) electrons. The molecule has 26 heavy (non-hydrogen) atoms. The molecule has 1 heterocycles. The van der Waals surface area contributed by atoms with E-state index in [2.05, 4.69) is 37.8 Å². The number of para-hydroxylation sites is 2. The van der Waals surface area contributed by atoms with E-state index in [1.54, 1.807) is 24.3 Å². The van der Waals surface area contributed by atoms with E-state index in [1.165, 1.54) is 22.4 Å². The number of aryl methyl sites for hydroxylation is 3. The molecule has 5 nitrogen and oxygen atoms in total. The summed E-state index contributed by atoms with van der Waals surface area (Å²) in [5.41, 5.74) is 5.13. The van der Waals surface area contributed by atoms with E-state index < -0.39 is 0 Å². The molecule has 1 saturated heterocycles. The van der Waals surface area contributed by atoms with E-state index in [1.807, 2.05) is 4.90 Å². The lowest BCUT2D eigenvalue weighted by molar-refractivity contribution is -0.133. The van der Waals surface area contributed by atoms with Gasteiger partial charge in [0.15, 0.2) is 18.1 Å². The van der Waals surface area contributed by atoms with Gasteiger partial charge in [0.05, 0.1) is 0 Å². The molecule has 138 valence electrons. The van der Waals surface area contributed by atoms with Crippen molar-refractivity contribution in [2.24, 2.45) is 0 Å². The minimum Gasteiger partial charge on any atom is -0.504 e. The van der Waals surface area contributed by atoms with E-state index in [9.17, 15) is 9.90 Å². The molecule has 0 saturated carbocycles. The zero-order chi connectivity index (χ0) is 18.7. The van der Waals surface area contributed by atoms with Crippen molar-refractivity contribution >= 4 is 11.6 Å². The fourth-order valence-electron chi connectivity index (χ4n) is 3.29. The monoisotopic (exact) mass is 354 g/mol. The number of amides is 1. The van der Waals surface area contributed by atoms with Crippen LogP contribution in [0, 0.1) is 20.8 Å². The summed E-state index contributed by atoms with van der Waals surface area (Å²) >= 11 is 0. The van der Waals surface area contributed by atoms with Crippen LogP contribution in [0.25, 0.3) is 0 Å². The third-order valence-electron chi connectivity index (χ3n) is 5.00. The number of carbonyl (C=O) groups is 1. The van der Waals surface area contributed by atoms with Gasteiger partial charge in [-0.3, -0.25) is 4.79 Å². The van der Waals surface area contributed by atoms with Gasteiger partial charge in [0.2, 0.25) is 0 Å². The van der Waals surface area contributed by atoms with Gasteiger partial charge >= 0.3 is 0 Å². The van der Waals surface area contributed by atoms with Crippen molar-refractivity contribution in [1.82, 2.24) is 4.90 Å². The van der Waals surface area contributed by atoms with Gasteiger partial charge < -0.3 is 19.6 Å². The maximum Gasteiger partial charge on any atom is 0.260 e. The molecular weight excluding hydrogens is 328 g/mol. The molecule has 1 aliphatic heterocycles. The Balaban J connectivity index is 1.56. The van der Waals surface area contributed by atoms with Gasteiger partial charge in [-0.1, -0.05) is 18.2 Å². The Hall–Kier alpha value is -2.69. The van der Waals surface area contributed by atoms with Crippen molar-refractivity contribution in [2.75, 3.05) is 37.7 Å². The summed E-state index contributed by atoms with van der Waals surface area (Å²) in [6.07, 6.45) is 0. The van der Waals surface area contributed by atoms with E-state index in [-0.39, 0.29) is 18.3 Å². The second-order valence-corrected chi connectivity index (χ2v) is 6.85. The Labute approximate surface area is 154 Å². The summed E-state index contributed by atoms with van der Waals surface area (Å²) < 4.78 is 5.46. The predicted molar refractivity (Wildman–Crippen MR) is 103 cm³/mol. The molecule has 0 spiro atoms. The summed E-state index contributed by atoms with van der Waals surface area (Å²) in [6, 6.07) is 11.2. The molecule has 1 amide bonds. The number of hydrogen-bond donors (Lipinski definition) is 1. The molecule has 1 aliphatic rings. The van der Waals surface area contributed by atoms with Crippen LogP contribution in [0.5, 0.6) is 11.5 Å². The van der Waals surface area contributed by atoms with E-state index in [4.69, 9.17) is 4.74 Å². The lowest BCUT2D eigenvalue weighted by Crippen LogP contribution is -2.50. The van der Waals surface area contributed by atoms with Crippen LogP contribution in [0.15, 0.2) is 36.4 Å². The number of aromatic hydroxyl groups is 1. The largest absolute Gasteiger partial charge is 0.504 e. The standard InChI is InChI=1S/C21H26N2O3/c1-15-12-17(3)18(13-16(15)2)22-8-10-23(11-9-22)21(25)14-26-20-7-5-4-6-19(20)24/h4-7,12-13,24H,8-11,14H2,1-3H3. The average Bonchev–Trinajstić information content (AvgIpc) is 2.64. The number of phenols is 1. The SMILES string of the molecule is Cc1cc(C)c(N2CCN(C(=O)COc3ccccc3O)CC2)cc1C. The lowest BCUT2D eigenvalue weighted by Gasteiger charge is -2.37. The van der Waals surface area contributed by atoms with Gasteiger partial charge in [-0.05, 0) is 55.7 Å². The molecule has 0 unspecified atom stereocenters. The number of anilines is 1. The highest BCUT2D eigenvalue weighted by Gasteiger charge is 2.23. The molecule has 1 N–H and O–H groups in total. The highest BCUT2D eigenvalue weighted by Crippen LogP contribution is 2.26. The third-order valence-corrected chi connectivity index (χ3v) is 5.00. The summed E-state index contributed by atoms with van der Waals surface area (Å²) in [7, 11) is 0. The fourth-order valence-corrected chi connectivity index (χ4v) is 3.29. The average molecular weight is 354 g/mol. The molecule has 1 fully saturated rings. The maximum atomic E-state index is 12.4. The Bertz CT molecular complexity index is 796. The fraction of sp³-hybridized carbons (Fsp3) is 0.381. The van der Waals surface area contributed by atoms with Crippen molar-refractivity contribution in [1.29, 1.82) is 0 Å². The third kappa shape index (κ3) is 3.93. The summed E-state index contributed by atoms with van der Waals surface area (Å²) in [5, 5.41) is 9.71. The Morgan fingerprint density at radius 2 is 1.65 bits per heavy atom. The van der Waals surface area contributed by atoms with E-state index >= 15 is 0 Å². The van der Waals surface area contributed by atoms with Crippen molar-refractivity contribution in [3.8, 4) is 11.5 Å². The highest BCUT2D eigenvalue weighted by atomic mass is 16.5. The summed E-state index contributed by atoms with van der Waals surface area (Å²) in [4.78, 5) is 16.6. The molecule has 3 rings (SSSR count). The molecule has 0 aromatic heterocycles. The number of phenolic OH excluding ortho intramolecular Hbond substituents is 1. The molecule has 0 aliphatic carbocycles. The topological polar surface area (TPSA) is 53.0 Å². The first kappa shape index (κ1) is 18.1. The van der Waals surface area contributed by atoms with E-state index in [0.29, 0.717) is 18.8 Å². The quantitative estimate of drug-likeness (QED) is 0.917. The number of carbonyl (C=O) groups excluding carboxylic acids is 1. The van der Waals surface area contributed by atoms with Gasteiger partial charge in [-0.15, -0.1) is 0 Å². The maximum absolute atomic E-state index is 12.4. The predicted octanol–water partition coefficient (Wildman–Crippen LogP) is 3.05. The van der Waals surface area contributed by atoms with E-state index in [0.717, 1.165) is 13.1 Å². The van der Waals surface area contributed by atoms with Crippen LogP contribution in [0.2, 0.25) is 0 Å². The first-order valence-electron chi connectivity index (χ1n) is 8.97. The second-order valence-electron chi connectivity index (χ2n) is 6.85. The summed E-state index contributed by atoms with van der Waals surface area (Å²) in [6.45, 7) is 9.32. The van der Waals surface area contributed by atoms with Crippen molar-refractivity contribution < 1.29 is 14.6 Å². The van der Waals surface area contributed by atoms with Crippen LogP contribution >= 0.6 is 0 Å². The molecular formula is C21H26N2O3. The highest BCUT2D eigenvalue weighted by molar-refractivity contribution is 5.78. The summed E-state index contributed by atoms with van der Waals surface area (Å²) in [5.74, 6) is 0.338. The minimum absolute atomic E-state index is 0.0512. The van der Waals surface area contributed by atoms with Gasteiger partial charge in [0.1, 0.15) is 0 Å². The van der Waals surface area contributed by atoms with Crippen LogP contribution in [0.3, 0.4) is 0 Å². The molecule has 2 aromatic rings. The number of ether oxygens (including phenoxy) is 1. The van der Waals surface area contributed by atoms with Crippen molar-refractivity contribution in [3.63, 3.8) is 0 Å². The number of hydrogen-bond acceptors (Lipinski definition) is 4. The lowest BCUT2D eigenvalue weighted by atomic mass is 10.0. The van der Waals surface area contributed by atoms with Crippen LogP contribution in [0.1, 0.15) is 16.7 Å². The Morgan fingerprint density at radius 3 is 2.35 bits per heavy atom. The van der Waals surface area contributed by atoms with Gasteiger partial charge in [0.25, 0.3) is 5.91 Å². The van der Waals surface area contributed by atoms with Gasteiger partial charge in [-0.2, -0.15) is 0 Å². The molecule has 0 bridgehead atoms.